The Hall–Kier alpha value is -1.59. The highest BCUT2D eigenvalue weighted by atomic mass is 16.6. The SMILES string of the molecule is CCCCCCCCCCCCCCCC(=O)OC[C@@H](COC(=O)CCCCCCCCCCCCCCCCCCC(C)C)OC(=O)CCCCCCCCCCCCCCC(C)C. The first-order valence-corrected chi connectivity index (χ1v) is 29.2. The zero-order valence-electron chi connectivity index (χ0n) is 44.6. The third-order valence-electron chi connectivity index (χ3n) is 13.5. The fourth-order valence-corrected chi connectivity index (χ4v) is 9.05. The van der Waals surface area contributed by atoms with E-state index in [4.69, 9.17) is 14.2 Å². The molecule has 0 radical (unpaired) electrons. The van der Waals surface area contributed by atoms with Gasteiger partial charge >= 0.3 is 17.9 Å². The van der Waals surface area contributed by atoms with Crippen LogP contribution in [-0.2, 0) is 28.6 Å². The van der Waals surface area contributed by atoms with Gasteiger partial charge in [-0.15, -0.1) is 0 Å². The highest BCUT2D eigenvalue weighted by Gasteiger charge is 2.19. The van der Waals surface area contributed by atoms with Crippen LogP contribution in [0.5, 0.6) is 0 Å². The van der Waals surface area contributed by atoms with Gasteiger partial charge < -0.3 is 14.2 Å². The molecule has 0 saturated carbocycles. The standard InChI is InChI=1S/C59H114O6/c1-6-7-8-9-10-11-12-17-24-29-34-39-44-49-57(60)63-52-56(65-59(62)51-46-41-36-31-26-21-20-23-28-33-38-43-48-55(4)5)53-64-58(61)50-45-40-35-30-25-19-16-14-13-15-18-22-27-32-37-42-47-54(2)3/h54-56H,6-53H2,1-5H3/t56-/m0/s1. The van der Waals surface area contributed by atoms with Gasteiger partial charge in [0.05, 0.1) is 0 Å². The van der Waals surface area contributed by atoms with E-state index in [1.807, 2.05) is 0 Å². The lowest BCUT2D eigenvalue weighted by atomic mass is 10.0. The fraction of sp³-hybridized carbons (Fsp3) is 0.949. The van der Waals surface area contributed by atoms with E-state index in [0.29, 0.717) is 19.3 Å². The van der Waals surface area contributed by atoms with Crippen molar-refractivity contribution in [3.8, 4) is 0 Å². The topological polar surface area (TPSA) is 78.9 Å². The van der Waals surface area contributed by atoms with Gasteiger partial charge in [0.2, 0.25) is 0 Å². The molecule has 0 spiro atoms. The Morgan fingerprint density at radius 1 is 0.292 bits per heavy atom. The van der Waals surface area contributed by atoms with Gasteiger partial charge in [-0.1, -0.05) is 291 Å². The summed E-state index contributed by atoms with van der Waals surface area (Å²) in [6, 6.07) is 0. The smallest absolute Gasteiger partial charge is 0.306 e. The fourth-order valence-electron chi connectivity index (χ4n) is 9.05. The molecule has 386 valence electrons. The monoisotopic (exact) mass is 919 g/mol. The maximum atomic E-state index is 12.8. The second kappa shape index (κ2) is 51.8. The molecule has 0 amide bonds. The van der Waals surface area contributed by atoms with E-state index >= 15 is 0 Å². The van der Waals surface area contributed by atoms with Gasteiger partial charge in [-0.25, -0.2) is 0 Å². The second-order valence-electron chi connectivity index (χ2n) is 21.2. The number of ether oxygens (including phenoxy) is 3. The molecule has 0 unspecified atom stereocenters. The lowest BCUT2D eigenvalue weighted by Gasteiger charge is -2.18. The van der Waals surface area contributed by atoms with Crippen molar-refractivity contribution in [2.24, 2.45) is 11.8 Å². The Morgan fingerprint density at radius 3 is 0.754 bits per heavy atom. The summed E-state index contributed by atoms with van der Waals surface area (Å²) < 4.78 is 16.9. The molecule has 6 heteroatoms. The largest absolute Gasteiger partial charge is 0.462 e. The minimum absolute atomic E-state index is 0.0625. The van der Waals surface area contributed by atoms with Crippen molar-refractivity contribution in [1.29, 1.82) is 0 Å². The average Bonchev–Trinajstić information content (AvgIpc) is 3.28. The van der Waals surface area contributed by atoms with Gasteiger partial charge in [0.1, 0.15) is 13.2 Å². The maximum absolute atomic E-state index is 12.8. The van der Waals surface area contributed by atoms with Crippen molar-refractivity contribution >= 4 is 17.9 Å². The zero-order chi connectivity index (χ0) is 47.5. The number of carbonyl (C=O) groups is 3. The van der Waals surface area contributed by atoms with E-state index in [0.717, 1.165) is 69.6 Å². The van der Waals surface area contributed by atoms with E-state index in [1.165, 1.54) is 218 Å². The first-order valence-electron chi connectivity index (χ1n) is 29.2. The van der Waals surface area contributed by atoms with Crippen LogP contribution < -0.4 is 0 Å². The summed E-state index contributed by atoms with van der Waals surface area (Å²) in [4.78, 5) is 38.1. The molecule has 0 N–H and O–H groups in total. The van der Waals surface area contributed by atoms with Crippen molar-refractivity contribution < 1.29 is 28.6 Å². The van der Waals surface area contributed by atoms with E-state index in [1.54, 1.807) is 0 Å². The predicted octanol–water partition coefficient (Wildman–Crippen LogP) is 19.3. The highest BCUT2D eigenvalue weighted by Crippen LogP contribution is 2.18. The van der Waals surface area contributed by atoms with E-state index in [9.17, 15) is 14.4 Å². The molecule has 0 aromatic heterocycles. The van der Waals surface area contributed by atoms with Crippen LogP contribution in [0.2, 0.25) is 0 Å². The van der Waals surface area contributed by atoms with Gasteiger partial charge in [0.25, 0.3) is 0 Å². The molecular weight excluding hydrogens is 805 g/mol. The van der Waals surface area contributed by atoms with Crippen LogP contribution in [0.1, 0.15) is 330 Å². The quantitative estimate of drug-likeness (QED) is 0.0344. The molecule has 1 atom stereocenters. The predicted molar refractivity (Wildman–Crippen MR) is 280 cm³/mol. The first-order chi connectivity index (χ1) is 31.7. The summed E-state index contributed by atoms with van der Waals surface area (Å²) in [5.41, 5.74) is 0. The number of hydrogen-bond acceptors (Lipinski definition) is 6. The van der Waals surface area contributed by atoms with Gasteiger partial charge in [-0.2, -0.15) is 0 Å². The number of esters is 3. The normalized spacial score (nSPS) is 12.0. The Bertz CT molecular complexity index is 993. The van der Waals surface area contributed by atoms with Crippen LogP contribution >= 0.6 is 0 Å². The minimum atomic E-state index is -0.762. The summed E-state index contributed by atoms with van der Waals surface area (Å²) in [6.45, 7) is 11.4. The molecule has 0 aliphatic carbocycles. The molecule has 0 fully saturated rings. The minimum Gasteiger partial charge on any atom is -0.462 e. The van der Waals surface area contributed by atoms with Crippen LogP contribution in [0.4, 0.5) is 0 Å². The lowest BCUT2D eigenvalue weighted by Crippen LogP contribution is -2.30. The van der Waals surface area contributed by atoms with Gasteiger partial charge in [-0.05, 0) is 31.1 Å². The van der Waals surface area contributed by atoms with Gasteiger partial charge in [-0.3, -0.25) is 14.4 Å². The summed E-state index contributed by atoms with van der Waals surface area (Å²) in [5, 5.41) is 0. The van der Waals surface area contributed by atoms with Gasteiger partial charge in [0.15, 0.2) is 6.10 Å². The third kappa shape index (κ3) is 53.2. The van der Waals surface area contributed by atoms with Crippen LogP contribution in [-0.4, -0.2) is 37.2 Å². The van der Waals surface area contributed by atoms with E-state index in [-0.39, 0.29) is 31.1 Å². The molecule has 0 heterocycles. The van der Waals surface area contributed by atoms with Crippen LogP contribution in [0.3, 0.4) is 0 Å². The Labute approximate surface area is 406 Å². The summed E-state index contributed by atoms with van der Waals surface area (Å²) >= 11 is 0. The van der Waals surface area contributed by atoms with E-state index in [2.05, 4.69) is 34.6 Å². The molecule has 0 aromatic rings. The number of unbranched alkanes of at least 4 members (excludes halogenated alkanes) is 38. The van der Waals surface area contributed by atoms with Crippen molar-refractivity contribution in [1.82, 2.24) is 0 Å². The van der Waals surface area contributed by atoms with Gasteiger partial charge in [0, 0.05) is 19.3 Å². The summed E-state index contributed by atoms with van der Waals surface area (Å²) in [7, 11) is 0. The summed E-state index contributed by atoms with van der Waals surface area (Å²) in [6.07, 6.45) is 55.2. The van der Waals surface area contributed by atoms with Crippen molar-refractivity contribution in [2.45, 2.75) is 336 Å². The molecule has 6 nitrogen and oxygen atoms in total. The second-order valence-corrected chi connectivity index (χ2v) is 21.2. The van der Waals surface area contributed by atoms with Crippen LogP contribution in [0.25, 0.3) is 0 Å². The zero-order valence-corrected chi connectivity index (χ0v) is 44.6. The van der Waals surface area contributed by atoms with Crippen molar-refractivity contribution in [3.63, 3.8) is 0 Å². The Morgan fingerprint density at radius 2 is 0.508 bits per heavy atom. The first kappa shape index (κ1) is 63.4. The molecule has 0 rings (SSSR count). The van der Waals surface area contributed by atoms with E-state index < -0.39 is 6.10 Å². The van der Waals surface area contributed by atoms with Crippen molar-refractivity contribution in [3.05, 3.63) is 0 Å². The molecule has 0 saturated heterocycles. The molecule has 0 bridgehead atoms. The molecule has 65 heavy (non-hydrogen) atoms. The Kier molecular flexibility index (Phi) is 50.5. The number of rotatable bonds is 53. The molecule has 0 aliphatic rings. The maximum Gasteiger partial charge on any atom is 0.306 e. The van der Waals surface area contributed by atoms with Crippen LogP contribution in [0.15, 0.2) is 0 Å². The number of carbonyl (C=O) groups excluding carboxylic acids is 3. The van der Waals surface area contributed by atoms with Crippen molar-refractivity contribution in [2.75, 3.05) is 13.2 Å². The lowest BCUT2D eigenvalue weighted by molar-refractivity contribution is -0.167. The van der Waals surface area contributed by atoms with Crippen LogP contribution in [0, 0.1) is 11.8 Å². The summed E-state index contributed by atoms with van der Waals surface area (Å²) in [5.74, 6) is 0.847. The number of hydrogen-bond donors (Lipinski definition) is 0. The molecular formula is C59H114O6. The highest BCUT2D eigenvalue weighted by molar-refractivity contribution is 5.71. The molecule has 0 aromatic carbocycles. The Balaban J connectivity index is 4.27. The molecule has 0 aliphatic heterocycles. The average molecular weight is 920 g/mol. The third-order valence-corrected chi connectivity index (χ3v) is 13.5.